The van der Waals surface area contributed by atoms with Crippen molar-refractivity contribution in [1.82, 2.24) is 10.6 Å². The van der Waals surface area contributed by atoms with Gasteiger partial charge in [-0.25, -0.2) is 9.59 Å². The zero-order valence-corrected chi connectivity index (χ0v) is 17.9. The molecular formula is C24H28N2O6. The second-order valence-corrected chi connectivity index (χ2v) is 7.84. The van der Waals surface area contributed by atoms with Crippen molar-refractivity contribution in [3.8, 4) is 11.1 Å². The van der Waals surface area contributed by atoms with Crippen LogP contribution in [0.25, 0.3) is 11.1 Å². The van der Waals surface area contributed by atoms with Crippen LogP contribution in [0.2, 0.25) is 0 Å². The number of amides is 2. The van der Waals surface area contributed by atoms with Crippen LogP contribution in [0.5, 0.6) is 0 Å². The lowest BCUT2D eigenvalue weighted by molar-refractivity contribution is -0.146. The molecule has 3 rings (SSSR count). The van der Waals surface area contributed by atoms with E-state index in [1.165, 1.54) is 0 Å². The number of hydrogen-bond donors (Lipinski definition) is 4. The molecule has 2 amide bonds. The molecular weight excluding hydrogens is 412 g/mol. The van der Waals surface area contributed by atoms with Crippen molar-refractivity contribution in [1.29, 1.82) is 0 Å². The Labute approximate surface area is 186 Å². The Bertz CT molecular complexity index is 931. The van der Waals surface area contributed by atoms with Crippen LogP contribution in [0, 0.1) is 5.92 Å². The SMILES string of the molecule is CCC(CNC(=O)OCC1c2ccccc2-c2ccccc21)CC(=O)NCC(O)C(=O)O. The normalized spacial score (nSPS) is 14.1. The van der Waals surface area contributed by atoms with E-state index in [4.69, 9.17) is 9.84 Å². The number of fused-ring (bicyclic) bond motifs is 3. The van der Waals surface area contributed by atoms with E-state index in [1.54, 1.807) is 0 Å². The van der Waals surface area contributed by atoms with Gasteiger partial charge in [0.05, 0.1) is 6.54 Å². The largest absolute Gasteiger partial charge is 0.479 e. The molecule has 4 N–H and O–H groups in total. The number of carboxylic acid groups (broad SMARTS) is 1. The standard InChI is InChI=1S/C24H28N2O6/c1-2-15(11-22(28)25-13-21(27)23(29)30)12-26-24(31)32-14-20-18-9-5-3-7-16(18)17-8-4-6-10-19(17)20/h3-10,15,20-21,27H,2,11-14H2,1H3,(H,25,28)(H,26,31)(H,29,30). The maximum absolute atomic E-state index is 12.3. The summed E-state index contributed by atoms with van der Waals surface area (Å²) in [6.45, 7) is 2.00. The van der Waals surface area contributed by atoms with Crippen molar-refractivity contribution in [2.45, 2.75) is 31.8 Å². The molecule has 0 bridgehead atoms. The zero-order valence-electron chi connectivity index (χ0n) is 17.9. The van der Waals surface area contributed by atoms with Crippen LogP contribution in [-0.4, -0.2) is 54.0 Å². The molecule has 2 unspecified atom stereocenters. The van der Waals surface area contributed by atoms with Crippen LogP contribution in [0.4, 0.5) is 4.79 Å². The number of carboxylic acids is 1. The summed E-state index contributed by atoms with van der Waals surface area (Å²) in [4.78, 5) is 34.8. The minimum Gasteiger partial charge on any atom is -0.479 e. The number of nitrogens with one attached hydrogen (secondary N) is 2. The molecule has 0 spiro atoms. The van der Waals surface area contributed by atoms with Gasteiger partial charge in [0.2, 0.25) is 5.91 Å². The van der Waals surface area contributed by atoms with Crippen molar-refractivity contribution in [3.63, 3.8) is 0 Å². The number of hydrogen-bond acceptors (Lipinski definition) is 5. The number of aliphatic hydroxyl groups excluding tert-OH is 1. The van der Waals surface area contributed by atoms with E-state index in [9.17, 15) is 19.5 Å². The summed E-state index contributed by atoms with van der Waals surface area (Å²) in [6, 6.07) is 16.2. The lowest BCUT2D eigenvalue weighted by atomic mass is 9.98. The Kier molecular flexibility index (Phi) is 7.83. The average Bonchev–Trinajstić information content (AvgIpc) is 3.12. The third-order valence-corrected chi connectivity index (χ3v) is 5.71. The van der Waals surface area contributed by atoms with Crippen LogP contribution < -0.4 is 10.6 Å². The first-order chi connectivity index (χ1) is 15.4. The fourth-order valence-electron chi connectivity index (χ4n) is 3.87. The summed E-state index contributed by atoms with van der Waals surface area (Å²) >= 11 is 0. The molecule has 0 saturated carbocycles. The molecule has 170 valence electrons. The molecule has 32 heavy (non-hydrogen) atoms. The molecule has 0 heterocycles. The van der Waals surface area contributed by atoms with E-state index in [0.717, 1.165) is 22.3 Å². The minimum absolute atomic E-state index is 0.0263. The Morgan fingerprint density at radius 3 is 2.12 bits per heavy atom. The number of rotatable bonds is 10. The molecule has 1 aliphatic rings. The maximum Gasteiger partial charge on any atom is 0.407 e. The van der Waals surface area contributed by atoms with Crippen LogP contribution in [0.3, 0.4) is 0 Å². The van der Waals surface area contributed by atoms with E-state index < -0.39 is 18.2 Å². The first-order valence-corrected chi connectivity index (χ1v) is 10.7. The maximum atomic E-state index is 12.3. The lowest BCUT2D eigenvalue weighted by Gasteiger charge is -2.17. The highest BCUT2D eigenvalue weighted by Gasteiger charge is 2.29. The van der Waals surface area contributed by atoms with E-state index >= 15 is 0 Å². The van der Waals surface area contributed by atoms with Gasteiger partial charge in [-0.05, 0) is 28.2 Å². The number of ether oxygens (including phenoxy) is 1. The van der Waals surface area contributed by atoms with Crippen LogP contribution >= 0.6 is 0 Å². The fraction of sp³-hybridized carbons (Fsp3) is 0.375. The van der Waals surface area contributed by atoms with Crippen molar-refractivity contribution < 1.29 is 29.3 Å². The summed E-state index contributed by atoms with van der Waals surface area (Å²) in [7, 11) is 0. The van der Waals surface area contributed by atoms with Gasteiger partial charge in [0.1, 0.15) is 6.61 Å². The number of aliphatic hydroxyl groups is 1. The summed E-state index contributed by atoms with van der Waals surface area (Å²) in [5.41, 5.74) is 4.57. The van der Waals surface area contributed by atoms with Gasteiger partial charge < -0.3 is 25.6 Å². The summed E-state index contributed by atoms with van der Waals surface area (Å²) in [6.07, 6.45) is -1.45. The number of carbonyl (C=O) groups is 3. The molecule has 0 aliphatic heterocycles. The number of aliphatic carboxylic acids is 1. The second kappa shape index (κ2) is 10.8. The molecule has 0 radical (unpaired) electrons. The Morgan fingerprint density at radius 1 is 0.969 bits per heavy atom. The van der Waals surface area contributed by atoms with E-state index in [-0.39, 0.29) is 43.9 Å². The number of alkyl carbamates (subject to hydrolysis) is 1. The van der Waals surface area contributed by atoms with E-state index in [2.05, 4.69) is 22.8 Å². The molecule has 0 fully saturated rings. The van der Waals surface area contributed by atoms with Gasteiger partial charge in [0, 0.05) is 18.9 Å². The third kappa shape index (κ3) is 5.64. The molecule has 0 aromatic heterocycles. The summed E-state index contributed by atoms with van der Waals surface area (Å²) in [5, 5.41) is 23.0. The highest BCUT2D eigenvalue weighted by Crippen LogP contribution is 2.44. The van der Waals surface area contributed by atoms with Crippen molar-refractivity contribution in [2.75, 3.05) is 19.7 Å². The predicted molar refractivity (Wildman–Crippen MR) is 118 cm³/mol. The topological polar surface area (TPSA) is 125 Å². The van der Waals surface area contributed by atoms with Crippen molar-refractivity contribution >= 4 is 18.0 Å². The van der Waals surface area contributed by atoms with E-state index in [1.807, 2.05) is 43.3 Å². The van der Waals surface area contributed by atoms with Gasteiger partial charge in [0.15, 0.2) is 6.10 Å². The van der Waals surface area contributed by atoms with Gasteiger partial charge in [-0.2, -0.15) is 0 Å². The van der Waals surface area contributed by atoms with Gasteiger partial charge >= 0.3 is 12.1 Å². The van der Waals surface area contributed by atoms with Gasteiger partial charge in [-0.15, -0.1) is 0 Å². The summed E-state index contributed by atoms with van der Waals surface area (Å²) < 4.78 is 5.50. The van der Waals surface area contributed by atoms with Crippen LogP contribution in [-0.2, 0) is 14.3 Å². The first-order valence-electron chi connectivity index (χ1n) is 10.7. The van der Waals surface area contributed by atoms with Crippen molar-refractivity contribution in [2.24, 2.45) is 5.92 Å². The first kappa shape index (κ1) is 23.3. The molecule has 8 heteroatoms. The third-order valence-electron chi connectivity index (χ3n) is 5.71. The zero-order chi connectivity index (χ0) is 23.1. The Hall–Kier alpha value is -3.39. The number of carbonyl (C=O) groups excluding carboxylic acids is 2. The molecule has 0 saturated heterocycles. The molecule has 2 aromatic rings. The smallest absolute Gasteiger partial charge is 0.407 e. The van der Waals surface area contributed by atoms with Crippen molar-refractivity contribution in [3.05, 3.63) is 59.7 Å². The highest BCUT2D eigenvalue weighted by molar-refractivity contribution is 5.79. The highest BCUT2D eigenvalue weighted by atomic mass is 16.5. The summed E-state index contributed by atoms with van der Waals surface area (Å²) in [5.74, 6) is -1.94. The van der Waals surface area contributed by atoms with Gasteiger partial charge in [-0.3, -0.25) is 4.79 Å². The average molecular weight is 440 g/mol. The molecule has 8 nitrogen and oxygen atoms in total. The van der Waals surface area contributed by atoms with E-state index in [0.29, 0.717) is 6.42 Å². The Balaban J connectivity index is 1.48. The predicted octanol–water partition coefficient (Wildman–Crippen LogP) is 2.50. The Morgan fingerprint density at radius 2 is 1.56 bits per heavy atom. The van der Waals surface area contributed by atoms with Crippen LogP contribution in [0.15, 0.2) is 48.5 Å². The second-order valence-electron chi connectivity index (χ2n) is 7.84. The molecule has 2 aromatic carbocycles. The number of benzene rings is 2. The molecule has 1 aliphatic carbocycles. The molecule has 2 atom stereocenters. The van der Waals surface area contributed by atoms with Gasteiger partial charge in [0.25, 0.3) is 0 Å². The quantitative estimate of drug-likeness (QED) is 0.450. The van der Waals surface area contributed by atoms with Crippen LogP contribution in [0.1, 0.15) is 36.8 Å². The monoisotopic (exact) mass is 440 g/mol. The fourth-order valence-corrected chi connectivity index (χ4v) is 3.87. The lowest BCUT2D eigenvalue weighted by Crippen LogP contribution is -2.38. The minimum atomic E-state index is -1.64. The van der Waals surface area contributed by atoms with Gasteiger partial charge in [-0.1, -0.05) is 61.9 Å².